The first-order chi connectivity index (χ1) is 11.4. The zero-order valence-corrected chi connectivity index (χ0v) is 13.2. The van der Waals surface area contributed by atoms with Gasteiger partial charge in [-0.25, -0.2) is 0 Å². The van der Waals surface area contributed by atoms with E-state index in [1.54, 1.807) is 0 Å². The summed E-state index contributed by atoms with van der Waals surface area (Å²) in [5, 5.41) is 2.19. The average Bonchev–Trinajstić information content (AvgIpc) is 2.61. The van der Waals surface area contributed by atoms with Crippen LogP contribution in [0.25, 0.3) is 10.8 Å². The molecular formula is C20H20O3. The number of hydrogen-bond acceptors (Lipinski definition) is 3. The molecule has 118 valence electrons. The second-order valence-corrected chi connectivity index (χ2v) is 5.06. The second kappa shape index (κ2) is 7.54. The summed E-state index contributed by atoms with van der Waals surface area (Å²) in [5.41, 5.74) is 0. The molecule has 0 spiro atoms. The Kier molecular flexibility index (Phi) is 4.99. The van der Waals surface area contributed by atoms with Crippen LogP contribution >= 0.6 is 0 Å². The van der Waals surface area contributed by atoms with Crippen LogP contribution in [-0.2, 0) is 0 Å². The van der Waals surface area contributed by atoms with Crippen LogP contribution in [0.2, 0.25) is 0 Å². The minimum atomic E-state index is 0.461. The van der Waals surface area contributed by atoms with Crippen molar-refractivity contribution in [2.24, 2.45) is 0 Å². The molecule has 3 aromatic carbocycles. The van der Waals surface area contributed by atoms with Crippen LogP contribution in [0.1, 0.15) is 6.92 Å². The topological polar surface area (TPSA) is 27.7 Å². The molecule has 0 saturated heterocycles. The van der Waals surface area contributed by atoms with E-state index in [0.29, 0.717) is 19.8 Å². The Morgan fingerprint density at radius 2 is 1.43 bits per heavy atom. The Hall–Kier alpha value is -2.68. The van der Waals surface area contributed by atoms with Crippen LogP contribution in [0.4, 0.5) is 0 Å². The Morgan fingerprint density at radius 1 is 0.696 bits per heavy atom. The lowest BCUT2D eigenvalue weighted by Gasteiger charge is -2.15. The van der Waals surface area contributed by atoms with Gasteiger partial charge < -0.3 is 14.2 Å². The van der Waals surface area contributed by atoms with Gasteiger partial charge in [0.05, 0.1) is 6.61 Å². The fourth-order valence-electron chi connectivity index (χ4n) is 2.46. The largest absolute Gasteiger partial charge is 0.490 e. The van der Waals surface area contributed by atoms with Crippen molar-refractivity contribution in [3.8, 4) is 17.2 Å². The van der Waals surface area contributed by atoms with E-state index in [1.807, 2.05) is 67.6 Å². The highest BCUT2D eigenvalue weighted by atomic mass is 16.5. The summed E-state index contributed by atoms with van der Waals surface area (Å²) >= 11 is 0. The number of rotatable bonds is 7. The van der Waals surface area contributed by atoms with E-state index < -0.39 is 0 Å². The van der Waals surface area contributed by atoms with Gasteiger partial charge in [-0.2, -0.15) is 0 Å². The van der Waals surface area contributed by atoms with Gasteiger partial charge >= 0.3 is 0 Å². The first-order valence-electron chi connectivity index (χ1n) is 7.83. The molecule has 0 bridgehead atoms. The van der Waals surface area contributed by atoms with Crippen LogP contribution in [0.3, 0.4) is 0 Å². The van der Waals surface area contributed by atoms with E-state index in [-0.39, 0.29) is 0 Å². The lowest BCUT2D eigenvalue weighted by Crippen LogP contribution is -2.10. The predicted molar refractivity (Wildman–Crippen MR) is 92.5 cm³/mol. The van der Waals surface area contributed by atoms with Gasteiger partial charge in [0.25, 0.3) is 0 Å². The van der Waals surface area contributed by atoms with Gasteiger partial charge in [-0.3, -0.25) is 0 Å². The highest BCUT2D eigenvalue weighted by Gasteiger charge is 2.10. The number of ether oxygens (including phenoxy) is 3. The summed E-state index contributed by atoms with van der Waals surface area (Å²) in [6.45, 7) is 3.52. The molecule has 0 amide bonds. The predicted octanol–water partition coefficient (Wildman–Crippen LogP) is 4.70. The van der Waals surface area contributed by atoms with E-state index in [9.17, 15) is 0 Å². The van der Waals surface area contributed by atoms with Crippen LogP contribution in [-0.4, -0.2) is 19.8 Å². The van der Waals surface area contributed by atoms with E-state index in [1.165, 1.54) is 0 Å². The van der Waals surface area contributed by atoms with Crippen molar-refractivity contribution >= 4 is 10.8 Å². The third-order valence-electron chi connectivity index (χ3n) is 3.48. The molecule has 0 radical (unpaired) electrons. The molecule has 3 heteroatoms. The van der Waals surface area contributed by atoms with Gasteiger partial charge in [0.1, 0.15) is 19.0 Å². The van der Waals surface area contributed by atoms with Gasteiger partial charge in [0.2, 0.25) is 0 Å². The van der Waals surface area contributed by atoms with Crippen LogP contribution < -0.4 is 14.2 Å². The highest BCUT2D eigenvalue weighted by Crippen LogP contribution is 2.35. The van der Waals surface area contributed by atoms with Crippen molar-refractivity contribution < 1.29 is 14.2 Å². The van der Waals surface area contributed by atoms with E-state index >= 15 is 0 Å². The summed E-state index contributed by atoms with van der Waals surface area (Å²) in [6, 6.07) is 21.9. The molecule has 0 heterocycles. The fraction of sp³-hybridized carbons (Fsp3) is 0.200. The Labute approximate surface area is 136 Å². The summed E-state index contributed by atoms with van der Waals surface area (Å²) in [6.07, 6.45) is 0. The third kappa shape index (κ3) is 3.75. The van der Waals surface area contributed by atoms with Gasteiger partial charge in [0, 0.05) is 5.39 Å². The number of para-hydroxylation sites is 1. The molecule has 3 nitrogen and oxygen atoms in total. The third-order valence-corrected chi connectivity index (χ3v) is 3.48. The molecule has 0 atom stereocenters. The Morgan fingerprint density at radius 3 is 2.26 bits per heavy atom. The molecule has 0 fully saturated rings. The minimum absolute atomic E-state index is 0.461. The van der Waals surface area contributed by atoms with Gasteiger partial charge in [0.15, 0.2) is 11.5 Å². The molecular weight excluding hydrogens is 288 g/mol. The monoisotopic (exact) mass is 308 g/mol. The van der Waals surface area contributed by atoms with E-state index in [2.05, 4.69) is 6.07 Å². The maximum atomic E-state index is 5.97. The lowest BCUT2D eigenvalue weighted by molar-refractivity contribution is 0.210. The van der Waals surface area contributed by atoms with Crippen molar-refractivity contribution in [2.75, 3.05) is 19.8 Å². The average molecular weight is 308 g/mol. The molecule has 23 heavy (non-hydrogen) atoms. The first kappa shape index (κ1) is 15.2. The molecule has 0 saturated carbocycles. The number of hydrogen-bond donors (Lipinski definition) is 0. The van der Waals surface area contributed by atoms with Crippen LogP contribution in [0, 0.1) is 0 Å². The molecule has 3 aromatic rings. The van der Waals surface area contributed by atoms with Gasteiger partial charge in [-0.1, -0.05) is 48.5 Å². The number of benzene rings is 3. The van der Waals surface area contributed by atoms with Crippen molar-refractivity contribution in [1.29, 1.82) is 0 Å². The number of fused-ring (bicyclic) bond motifs is 1. The van der Waals surface area contributed by atoms with Crippen LogP contribution in [0.5, 0.6) is 17.2 Å². The zero-order chi connectivity index (χ0) is 15.9. The summed E-state index contributed by atoms with van der Waals surface area (Å²) < 4.78 is 17.3. The van der Waals surface area contributed by atoms with Crippen LogP contribution in [0.15, 0.2) is 66.7 Å². The van der Waals surface area contributed by atoms with Gasteiger partial charge in [-0.15, -0.1) is 0 Å². The van der Waals surface area contributed by atoms with Crippen molar-refractivity contribution in [2.45, 2.75) is 6.92 Å². The standard InChI is InChI=1S/C20H20O3/c1-2-21-19-13-12-16-8-6-7-11-18(16)20(19)23-15-14-22-17-9-4-3-5-10-17/h3-13H,2,14-15H2,1H3. The minimum Gasteiger partial charge on any atom is -0.490 e. The first-order valence-corrected chi connectivity index (χ1v) is 7.83. The van der Waals surface area contributed by atoms with Crippen molar-refractivity contribution in [3.63, 3.8) is 0 Å². The zero-order valence-electron chi connectivity index (χ0n) is 13.2. The van der Waals surface area contributed by atoms with Crippen molar-refractivity contribution in [3.05, 3.63) is 66.7 Å². The SMILES string of the molecule is CCOc1ccc2ccccc2c1OCCOc1ccccc1. The highest BCUT2D eigenvalue weighted by molar-refractivity contribution is 5.90. The molecule has 0 unspecified atom stereocenters. The molecule has 0 aliphatic carbocycles. The second-order valence-electron chi connectivity index (χ2n) is 5.06. The Balaban J connectivity index is 1.71. The van der Waals surface area contributed by atoms with E-state index in [0.717, 1.165) is 28.0 Å². The molecule has 0 aromatic heterocycles. The summed E-state index contributed by atoms with van der Waals surface area (Å²) in [5.74, 6) is 2.39. The normalized spacial score (nSPS) is 10.5. The molecule has 0 N–H and O–H groups in total. The summed E-state index contributed by atoms with van der Waals surface area (Å²) in [7, 11) is 0. The van der Waals surface area contributed by atoms with Gasteiger partial charge in [-0.05, 0) is 30.5 Å². The maximum absolute atomic E-state index is 5.97. The summed E-state index contributed by atoms with van der Waals surface area (Å²) in [4.78, 5) is 0. The molecule has 3 rings (SSSR count). The Bertz CT molecular complexity index is 753. The molecule has 0 aliphatic rings. The molecule has 0 aliphatic heterocycles. The van der Waals surface area contributed by atoms with E-state index in [4.69, 9.17) is 14.2 Å². The lowest BCUT2D eigenvalue weighted by atomic mass is 10.1. The van der Waals surface area contributed by atoms with Crippen molar-refractivity contribution in [1.82, 2.24) is 0 Å². The quantitative estimate of drug-likeness (QED) is 0.592. The maximum Gasteiger partial charge on any atom is 0.169 e. The fourth-order valence-corrected chi connectivity index (χ4v) is 2.46. The smallest absolute Gasteiger partial charge is 0.169 e.